The van der Waals surface area contributed by atoms with Crippen LogP contribution in [0.15, 0.2) is 42.5 Å². The number of nitrogens with one attached hydrogen (secondary N) is 1. The zero-order valence-corrected chi connectivity index (χ0v) is 22.3. The van der Waals surface area contributed by atoms with Crippen LogP contribution in [0.2, 0.25) is 0 Å². The molecule has 0 fully saturated rings. The number of amides is 2. The fraction of sp³-hybridized carbons (Fsp3) is 0.357. The standard InChI is InChI=1S/C28H33N3O5S/c1-4-34-21-14-19(15-22(35-5-2)25(21)36-6-3)27(33)30-28-24(26(29)32)20-12-13-31(17-23(20)37-28)16-18-10-8-7-9-11-18/h7-11,14-15H,4-6,12-13,16-17H2,1-3H3,(H2,29,32)(H,30,33). The van der Waals surface area contributed by atoms with Gasteiger partial charge in [-0.1, -0.05) is 30.3 Å². The molecule has 2 heterocycles. The van der Waals surface area contributed by atoms with Crippen molar-refractivity contribution in [2.24, 2.45) is 5.73 Å². The number of hydrogen-bond donors (Lipinski definition) is 2. The van der Waals surface area contributed by atoms with Crippen molar-refractivity contribution in [2.45, 2.75) is 40.3 Å². The van der Waals surface area contributed by atoms with Gasteiger partial charge in [0, 0.05) is 30.1 Å². The number of fused-ring (bicyclic) bond motifs is 1. The molecule has 9 heteroatoms. The van der Waals surface area contributed by atoms with E-state index in [-0.39, 0.29) is 5.91 Å². The Kier molecular flexibility index (Phi) is 8.68. The highest BCUT2D eigenvalue weighted by Crippen LogP contribution is 2.41. The number of hydrogen-bond acceptors (Lipinski definition) is 7. The summed E-state index contributed by atoms with van der Waals surface area (Å²) < 4.78 is 17.2. The average Bonchev–Trinajstić information content (AvgIpc) is 3.24. The highest BCUT2D eigenvalue weighted by molar-refractivity contribution is 7.17. The predicted octanol–water partition coefficient (Wildman–Crippen LogP) is 4.85. The molecule has 2 amide bonds. The first-order valence-corrected chi connectivity index (χ1v) is 13.3. The van der Waals surface area contributed by atoms with E-state index in [1.165, 1.54) is 16.9 Å². The predicted molar refractivity (Wildman–Crippen MR) is 145 cm³/mol. The fourth-order valence-corrected chi connectivity index (χ4v) is 5.77. The lowest BCUT2D eigenvalue weighted by Gasteiger charge is -2.27. The molecule has 0 radical (unpaired) electrons. The van der Waals surface area contributed by atoms with Crippen LogP contribution in [0.25, 0.3) is 0 Å². The number of primary amides is 1. The Morgan fingerprint density at radius 3 is 2.24 bits per heavy atom. The van der Waals surface area contributed by atoms with Crippen molar-refractivity contribution >= 4 is 28.2 Å². The van der Waals surface area contributed by atoms with Crippen molar-refractivity contribution in [1.29, 1.82) is 0 Å². The van der Waals surface area contributed by atoms with Crippen LogP contribution in [0.1, 0.15) is 57.5 Å². The maximum atomic E-state index is 13.4. The summed E-state index contributed by atoms with van der Waals surface area (Å²) >= 11 is 1.41. The highest BCUT2D eigenvalue weighted by atomic mass is 32.1. The molecule has 0 saturated heterocycles. The van der Waals surface area contributed by atoms with E-state index in [9.17, 15) is 9.59 Å². The minimum atomic E-state index is -0.541. The van der Waals surface area contributed by atoms with Crippen molar-refractivity contribution in [1.82, 2.24) is 4.90 Å². The number of thiophene rings is 1. The van der Waals surface area contributed by atoms with Gasteiger partial charge in [-0.15, -0.1) is 11.3 Å². The Bertz CT molecular complexity index is 1230. The molecule has 0 saturated carbocycles. The zero-order chi connectivity index (χ0) is 26.4. The van der Waals surface area contributed by atoms with E-state index in [0.717, 1.165) is 23.5 Å². The van der Waals surface area contributed by atoms with Crippen LogP contribution in [-0.4, -0.2) is 43.1 Å². The van der Waals surface area contributed by atoms with Gasteiger partial charge in [-0.25, -0.2) is 0 Å². The van der Waals surface area contributed by atoms with Crippen molar-refractivity contribution < 1.29 is 23.8 Å². The molecule has 3 aromatic rings. The average molecular weight is 524 g/mol. The smallest absolute Gasteiger partial charge is 0.256 e. The molecule has 0 bridgehead atoms. The van der Waals surface area contributed by atoms with Gasteiger partial charge in [0.05, 0.1) is 25.4 Å². The van der Waals surface area contributed by atoms with Gasteiger partial charge in [0.1, 0.15) is 5.00 Å². The maximum Gasteiger partial charge on any atom is 0.256 e. The molecule has 4 rings (SSSR count). The zero-order valence-electron chi connectivity index (χ0n) is 21.5. The lowest BCUT2D eigenvalue weighted by molar-refractivity contribution is 0.0999. The van der Waals surface area contributed by atoms with Crippen LogP contribution in [0.5, 0.6) is 17.2 Å². The van der Waals surface area contributed by atoms with Gasteiger partial charge in [-0.05, 0) is 50.5 Å². The van der Waals surface area contributed by atoms with Gasteiger partial charge in [0.15, 0.2) is 11.5 Å². The second-order valence-electron chi connectivity index (χ2n) is 8.57. The Hall–Kier alpha value is -3.56. The van der Waals surface area contributed by atoms with E-state index in [1.54, 1.807) is 12.1 Å². The molecule has 1 aliphatic heterocycles. The molecule has 0 unspecified atom stereocenters. The van der Waals surface area contributed by atoms with Crippen LogP contribution >= 0.6 is 11.3 Å². The van der Waals surface area contributed by atoms with Gasteiger partial charge in [0.2, 0.25) is 5.75 Å². The lowest BCUT2D eigenvalue weighted by Crippen LogP contribution is -2.30. The number of anilines is 1. The monoisotopic (exact) mass is 523 g/mol. The first kappa shape index (κ1) is 26.5. The molecule has 1 aliphatic rings. The number of nitrogens with two attached hydrogens (primary N) is 1. The summed E-state index contributed by atoms with van der Waals surface area (Å²) in [5.74, 6) is 0.397. The molecule has 196 valence electrons. The Labute approximate surface area is 221 Å². The Morgan fingerprint density at radius 1 is 1.00 bits per heavy atom. The van der Waals surface area contributed by atoms with Gasteiger partial charge < -0.3 is 25.3 Å². The van der Waals surface area contributed by atoms with Crippen LogP contribution in [0.4, 0.5) is 5.00 Å². The quantitative estimate of drug-likeness (QED) is 0.372. The largest absolute Gasteiger partial charge is 0.490 e. The maximum absolute atomic E-state index is 13.4. The second kappa shape index (κ2) is 12.1. The number of ether oxygens (including phenoxy) is 3. The normalized spacial score (nSPS) is 13.1. The number of carbonyl (C=O) groups is 2. The van der Waals surface area contributed by atoms with Crippen molar-refractivity contribution in [3.8, 4) is 17.2 Å². The number of carbonyl (C=O) groups excluding carboxylic acids is 2. The summed E-state index contributed by atoms with van der Waals surface area (Å²) in [5.41, 5.74) is 8.67. The summed E-state index contributed by atoms with van der Waals surface area (Å²) in [6, 6.07) is 13.5. The van der Waals surface area contributed by atoms with E-state index in [1.807, 2.05) is 39.0 Å². The Morgan fingerprint density at radius 2 is 1.65 bits per heavy atom. The molecule has 0 atom stereocenters. The first-order chi connectivity index (χ1) is 17.9. The second-order valence-corrected chi connectivity index (χ2v) is 9.68. The molecule has 0 aliphatic carbocycles. The number of nitrogens with zero attached hydrogens (tertiary/aromatic N) is 1. The molecule has 2 aromatic carbocycles. The molecular weight excluding hydrogens is 490 g/mol. The van der Waals surface area contributed by atoms with Crippen molar-refractivity contribution in [2.75, 3.05) is 31.7 Å². The number of rotatable bonds is 11. The fourth-order valence-electron chi connectivity index (χ4n) is 4.48. The topological polar surface area (TPSA) is 103 Å². The van der Waals surface area contributed by atoms with Crippen molar-refractivity contribution in [3.63, 3.8) is 0 Å². The van der Waals surface area contributed by atoms with Gasteiger partial charge >= 0.3 is 0 Å². The molecular formula is C28H33N3O5S. The first-order valence-electron chi connectivity index (χ1n) is 12.5. The molecule has 8 nitrogen and oxygen atoms in total. The van der Waals surface area contributed by atoms with E-state index in [0.29, 0.717) is 66.2 Å². The van der Waals surface area contributed by atoms with Crippen LogP contribution < -0.4 is 25.3 Å². The van der Waals surface area contributed by atoms with Gasteiger partial charge in [0.25, 0.3) is 11.8 Å². The molecule has 0 spiro atoms. The highest BCUT2D eigenvalue weighted by Gasteiger charge is 2.28. The van der Waals surface area contributed by atoms with E-state index < -0.39 is 5.91 Å². The SMILES string of the molecule is CCOc1cc(C(=O)Nc2sc3c(c2C(N)=O)CCN(Cc2ccccc2)C3)cc(OCC)c1OCC. The van der Waals surface area contributed by atoms with Crippen LogP contribution in [-0.2, 0) is 19.5 Å². The van der Waals surface area contributed by atoms with Crippen LogP contribution in [0, 0.1) is 0 Å². The minimum Gasteiger partial charge on any atom is -0.490 e. The minimum absolute atomic E-state index is 0.336. The molecule has 37 heavy (non-hydrogen) atoms. The van der Waals surface area contributed by atoms with Gasteiger partial charge in [-0.2, -0.15) is 0 Å². The van der Waals surface area contributed by atoms with E-state index in [2.05, 4.69) is 22.3 Å². The third-order valence-corrected chi connectivity index (χ3v) is 7.16. The van der Waals surface area contributed by atoms with E-state index >= 15 is 0 Å². The third kappa shape index (κ3) is 6.06. The van der Waals surface area contributed by atoms with Crippen LogP contribution in [0.3, 0.4) is 0 Å². The summed E-state index contributed by atoms with van der Waals surface area (Å²) in [7, 11) is 0. The molecule has 3 N–H and O–H groups in total. The summed E-state index contributed by atoms with van der Waals surface area (Å²) in [5, 5.41) is 3.39. The van der Waals surface area contributed by atoms with E-state index in [4.69, 9.17) is 19.9 Å². The third-order valence-electron chi connectivity index (χ3n) is 6.03. The Balaban J connectivity index is 1.61. The number of benzene rings is 2. The van der Waals surface area contributed by atoms with Crippen molar-refractivity contribution in [3.05, 3.63) is 69.6 Å². The molecule has 1 aromatic heterocycles. The summed E-state index contributed by atoms with van der Waals surface area (Å²) in [6.07, 6.45) is 0.693. The lowest BCUT2D eigenvalue weighted by atomic mass is 10.0. The van der Waals surface area contributed by atoms with Gasteiger partial charge in [-0.3, -0.25) is 14.5 Å². The summed E-state index contributed by atoms with van der Waals surface area (Å²) in [4.78, 5) is 29.2. The summed E-state index contributed by atoms with van der Waals surface area (Å²) in [6.45, 7) is 9.14.